The molecule has 0 unspecified atom stereocenters. The summed E-state index contributed by atoms with van der Waals surface area (Å²) in [7, 11) is 0. The topological polar surface area (TPSA) is 73.0 Å². The molecule has 0 bridgehead atoms. The molecular weight excluding hydrogens is 256 g/mol. The molecular formula is C14H18N4O2. The van der Waals surface area contributed by atoms with Gasteiger partial charge < -0.3 is 5.32 Å². The van der Waals surface area contributed by atoms with Crippen LogP contribution in [-0.2, 0) is 6.54 Å². The normalized spacial score (nSPS) is 10.8. The lowest BCUT2D eigenvalue weighted by atomic mass is 10.1. The molecule has 2 aromatic rings. The molecule has 6 heteroatoms. The first-order chi connectivity index (χ1) is 9.52. The fourth-order valence-corrected chi connectivity index (χ4v) is 2.12. The molecule has 0 radical (unpaired) electrons. The second kappa shape index (κ2) is 5.83. The van der Waals surface area contributed by atoms with Crippen LogP contribution in [0.25, 0.3) is 5.69 Å². The van der Waals surface area contributed by atoms with E-state index in [-0.39, 0.29) is 10.6 Å². The first-order valence-electron chi connectivity index (χ1n) is 6.54. The van der Waals surface area contributed by atoms with Gasteiger partial charge in [-0.1, -0.05) is 6.92 Å². The standard InChI is InChI=1S/C14H18N4O2/c1-4-15-9-12-5-6-17(16-12)13-8-14(18(19)20)11(3)7-10(13)2/h5-8,15H,4,9H2,1-3H3. The van der Waals surface area contributed by atoms with Gasteiger partial charge in [0.1, 0.15) is 0 Å². The quantitative estimate of drug-likeness (QED) is 0.671. The molecule has 1 N–H and O–H groups in total. The summed E-state index contributed by atoms with van der Waals surface area (Å²) < 4.78 is 1.69. The summed E-state index contributed by atoms with van der Waals surface area (Å²) in [4.78, 5) is 10.7. The second-order valence-electron chi connectivity index (χ2n) is 4.71. The average molecular weight is 274 g/mol. The summed E-state index contributed by atoms with van der Waals surface area (Å²) in [6, 6.07) is 5.31. The second-order valence-corrected chi connectivity index (χ2v) is 4.71. The highest BCUT2D eigenvalue weighted by molar-refractivity contribution is 5.53. The van der Waals surface area contributed by atoms with Crippen LogP contribution in [0.3, 0.4) is 0 Å². The minimum Gasteiger partial charge on any atom is -0.311 e. The van der Waals surface area contributed by atoms with Crippen molar-refractivity contribution in [3.8, 4) is 5.69 Å². The van der Waals surface area contributed by atoms with E-state index in [1.165, 1.54) is 0 Å². The number of rotatable bonds is 5. The van der Waals surface area contributed by atoms with Crippen molar-refractivity contribution in [2.45, 2.75) is 27.3 Å². The molecule has 1 aromatic carbocycles. The number of nitrogens with zero attached hydrogens (tertiary/aromatic N) is 3. The fourth-order valence-electron chi connectivity index (χ4n) is 2.12. The van der Waals surface area contributed by atoms with Gasteiger partial charge in [-0.15, -0.1) is 0 Å². The Kier molecular flexibility index (Phi) is 4.14. The molecule has 0 amide bonds. The van der Waals surface area contributed by atoms with Crippen molar-refractivity contribution in [1.82, 2.24) is 15.1 Å². The third-order valence-electron chi connectivity index (χ3n) is 3.16. The molecule has 20 heavy (non-hydrogen) atoms. The smallest absolute Gasteiger partial charge is 0.274 e. The zero-order chi connectivity index (χ0) is 14.7. The van der Waals surface area contributed by atoms with Crippen LogP contribution in [0.2, 0.25) is 0 Å². The van der Waals surface area contributed by atoms with Crippen molar-refractivity contribution < 1.29 is 4.92 Å². The number of nitro groups is 1. The van der Waals surface area contributed by atoms with Gasteiger partial charge in [-0.25, -0.2) is 4.68 Å². The van der Waals surface area contributed by atoms with Crippen molar-refractivity contribution in [2.24, 2.45) is 0 Å². The van der Waals surface area contributed by atoms with Crippen molar-refractivity contribution in [2.75, 3.05) is 6.54 Å². The third kappa shape index (κ3) is 2.85. The Hall–Kier alpha value is -2.21. The van der Waals surface area contributed by atoms with E-state index in [2.05, 4.69) is 10.4 Å². The number of hydrogen-bond donors (Lipinski definition) is 1. The molecule has 0 aliphatic heterocycles. The predicted octanol–water partition coefficient (Wildman–Crippen LogP) is 2.51. The lowest BCUT2D eigenvalue weighted by Gasteiger charge is -2.07. The molecule has 0 atom stereocenters. The van der Waals surface area contributed by atoms with Crippen molar-refractivity contribution in [3.05, 3.63) is 51.3 Å². The van der Waals surface area contributed by atoms with Crippen LogP contribution < -0.4 is 5.32 Å². The molecule has 0 spiro atoms. The number of hydrogen-bond acceptors (Lipinski definition) is 4. The molecule has 0 fully saturated rings. The maximum Gasteiger partial charge on any atom is 0.274 e. The van der Waals surface area contributed by atoms with Crippen molar-refractivity contribution in [1.29, 1.82) is 0 Å². The van der Waals surface area contributed by atoms with E-state index in [1.54, 1.807) is 17.7 Å². The Balaban J connectivity index is 2.39. The number of aromatic nitrogens is 2. The zero-order valence-corrected chi connectivity index (χ0v) is 11.9. The average Bonchev–Trinajstić information content (AvgIpc) is 2.84. The van der Waals surface area contributed by atoms with Gasteiger partial charge in [-0.2, -0.15) is 5.10 Å². The lowest BCUT2D eigenvalue weighted by molar-refractivity contribution is -0.385. The summed E-state index contributed by atoms with van der Waals surface area (Å²) in [6.45, 7) is 7.27. The Morgan fingerprint density at radius 3 is 2.75 bits per heavy atom. The molecule has 0 aliphatic carbocycles. The lowest BCUT2D eigenvalue weighted by Crippen LogP contribution is -2.12. The molecule has 2 rings (SSSR count). The fraction of sp³-hybridized carbons (Fsp3) is 0.357. The Labute approximate surface area is 117 Å². The van der Waals surface area contributed by atoms with E-state index in [4.69, 9.17) is 0 Å². The highest BCUT2D eigenvalue weighted by Gasteiger charge is 2.15. The van der Waals surface area contributed by atoms with Crippen LogP contribution in [0.4, 0.5) is 5.69 Å². The summed E-state index contributed by atoms with van der Waals surface area (Å²) in [5.74, 6) is 0. The largest absolute Gasteiger partial charge is 0.311 e. The van der Waals surface area contributed by atoms with Crippen molar-refractivity contribution >= 4 is 5.69 Å². The van der Waals surface area contributed by atoms with E-state index in [0.29, 0.717) is 12.1 Å². The Bertz CT molecular complexity index is 634. The minimum absolute atomic E-state index is 0.120. The van der Waals surface area contributed by atoms with Gasteiger partial charge in [0.2, 0.25) is 0 Å². The van der Waals surface area contributed by atoms with Gasteiger partial charge in [0, 0.05) is 24.4 Å². The summed E-state index contributed by atoms with van der Waals surface area (Å²) in [5.41, 5.74) is 3.40. The molecule has 0 saturated carbocycles. The van der Waals surface area contributed by atoms with Crippen LogP contribution in [-0.4, -0.2) is 21.2 Å². The van der Waals surface area contributed by atoms with E-state index < -0.39 is 0 Å². The SMILES string of the molecule is CCNCc1ccn(-c2cc([N+](=O)[O-])c(C)cc2C)n1. The van der Waals surface area contributed by atoms with Crippen LogP contribution in [0.15, 0.2) is 24.4 Å². The molecule has 6 nitrogen and oxygen atoms in total. The van der Waals surface area contributed by atoms with Gasteiger partial charge in [-0.05, 0) is 38.1 Å². The van der Waals surface area contributed by atoms with Gasteiger partial charge in [-0.3, -0.25) is 10.1 Å². The summed E-state index contributed by atoms with van der Waals surface area (Å²) in [5, 5.41) is 18.7. The van der Waals surface area contributed by atoms with E-state index in [0.717, 1.165) is 23.5 Å². The molecule has 106 valence electrons. The third-order valence-corrected chi connectivity index (χ3v) is 3.16. The summed E-state index contributed by atoms with van der Waals surface area (Å²) in [6.07, 6.45) is 1.83. The van der Waals surface area contributed by atoms with E-state index >= 15 is 0 Å². The zero-order valence-electron chi connectivity index (χ0n) is 11.9. The first-order valence-corrected chi connectivity index (χ1v) is 6.54. The molecule has 1 aromatic heterocycles. The van der Waals surface area contributed by atoms with Crippen molar-refractivity contribution in [3.63, 3.8) is 0 Å². The van der Waals surface area contributed by atoms with Crippen LogP contribution in [0.5, 0.6) is 0 Å². The van der Waals surface area contributed by atoms with Gasteiger partial charge in [0.25, 0.3) is 5.69 Å². The molecule has 0 aliphatic rings. The van der Waals surface area contributed by atoms with Crippen LogP contribution >= 0.6 is 0 Å². The number of nitrogens with one attached hydrogen (secondary N) is 1. The van der Waals surface area contributed by atoms with Gasteiger partial charge in [0.05, 0.1) is 16.3 Å². The van der Waals surface area contributed by atoms with Crippen LogP contribution in [0, 0.1) is 24.0 Å². The van der Waals surface area contributed by atoms with Gasteiger partial charge >= 0.3 is 0 Å². The Morgan fingerprint density at radius 2 is 2.10 bits per heavy atom. The number of nitro benzene ring substituents is 1. The number of benzene rings is 1. The minimum atomic E-state index is -0.360. The molecule has 0 saturated heterocycles. The summed E-state index contributed by atoms with van der Waals surface area (Å²) >= 11 is 0. The maximum absolute atomic E-state index is 11.0. The molecule has 1 heterocycles. The van der Waals surface area contributed by atoms with E-state index in [1.807, 2.05) is 32.2 Å². The highest BCUT2D eigenvalue weighted by Crippen LogP contribution is 2.25. The Morgan fingerprint density at radius 1 is 1.35 bits per heavy atom. The maximum atomic E-state index is 11.0. The monoisotopic (exact) mass is 274 g/mol. The highest BCUT2D eigenvalue weighted by atomic mass is 16.6. The first kappa shape index (κ1) is 14.2. The van der Waals surface area contributed by atoms with Crippen LogP contribution in [0.1, 0.15) is 23.7 Å². The van der Waals surface area contributed by atoms with E-state index in [9.17, 15) is 10.1 Å². The number of aryl methyl sites for hydroxylation is 2. The predicted molar refractivity (Wildman–Crippen MR) is 77.1 cm³/mol. The van der Waals surface area contributed by atoms with Gasteiger partial charge in [0.15, 0.2) is 0 Å².